The number of ether oxygens (including phenoxy) is 4. The Morgan fingerprint density at radius 1 is 0.952 bits per heavy atom. The van der Waals surface area contributed by atoms with E-state index in [1.807, 2.05) is 31.2 Å². The van der Waals surface area contributed by atoms with Crippen molar-refractivity contribution in [3.8, 4) is 11.5 Å². The minimum absolute atomic E-state index is 0.567. The average molecular weight is 295 g/mol. The fourth-order valence-electron chi connectivity index (χ4n) is 2.14. The highest BCUT2D eigenvalue weighted by Crippen LogP contribution is 2.17. The molecule has 1 fully saturated rings. The van der Waals surface area contributed by atoms with Gasteiger partial charge in [-0.15, -0.1) is 0 Å². The van der Waals surface area contributed by atoms with Crippen molar-refractivity contribution in [3.05, 3.63) is 24.3 Å². The van der Waals surface area contributed by atoms with E-state index >= 15 is 0 Å². The van der Waals surface area contributed by atoms with Crippen molar-refractivity contribution in [3.63, 3.8) is 0 Å². The lowest BCUT2D eigenvalue weighted by Crippen LogP contribution is -2.38. The zero-order valence-electron chi connectivity index (χ0n) is 12.8. The molecule has 5 heteroatoms. The molecule has 21 heavy (non-hydrogen) atoms. The number of hydrogen-bond donors (Lipinski definition) is 0. The van der Waals surface area contributed by atoms with Crippen LogP contribution in [0.1, 0.15) is 6.92 Å². The number of nitrogens with zero attached hydrogens (tertiary/aromatic N) is 1. The molecule has 0 N–H and O–H groups in total. The van der Waals surface area contributed by atoms with Crippen LogP contribution < -0.4 is 9.47 Å². The molecule has 0 aromatic heterocycles. The first-order valence-electron chi connectivity index (χ1n) is 7.62. The molecule has 0 atom stereocenters. The van der Waals surface area contributed by atoms with Gasteiger partial charge in [0.2, 0.25) is 0 Å². The SMILES string of the molecule is CCOc1ccc(OCCOCCN2CCOCC2)cc1. The van der Waals surface area contributed by atoms with Crippen LogP contribution in [-0.4, -0.2) is 64.2 Å². The molecule has 5 nitrogen and oxygen atoms in total. The van der Waals surface area contributed by atoms with Gasteiger partial charge in [0.25, 0.3) is 0 Å². The third-order valence-electron chi connectivity index (χ3n) is 3.29. The largest absolute Gasteiger partial charge is 0.494 e. The monoisotopic (exact) mass is 295 g/mol. The maximum atomic E-state index is 5.62. The topological polar surface area (TPSA) is 40.2 Å². The Kier molecular flexibility index (Phi) is 7.35. The van der Waals surface area contributed by atoms with Gasteiger partial charge in [-0.25, -0.2) is 0 Å². The van der Waals surface area contributed by atoms with Crippen molar-refractivity contribution < 1.29 is 18.9 Å². The van der Waals surface area contributed by atoms with Crippen molar-refractivity contribution in [2.75, 3.05) is 59.3 Å². The van der Waals surface area contributed by atoms with E-state index in [4.69, 9.17) is 18.9 Å². The quantitative estimate of drug-likeness (QED) is 0.650. The van der Waals surface area contributed by atoms with Gasteiger partial charge >= 0.3 is 0 Å². The molecule has 1 heterocycles. The lowest BCUT2D eigenvalue weighted by molar-refractivity contribution is 0.0170. The van der Waals surface area contributed by atoms with Crippen molar-refractivity contribution in [1.29, 1.82) is 0 Å². The first kappa shape index (κ1) is 16.1. The molecule has 0 aliphatic carbocycles. The zero-order chi connectivity index (χ0) is 14.8. The zero-order valence-corrected chi connectivity index (χ0v) is 12.8. The van der Waals surface area contributed by atoms with Crippen LogP contribution in [0.4, 0.5) is 0 Å². The first-order valence-corrected chi connectivity index (χ1v) is 7.62. The molecule has 1 aromatic rings. The smallest absolute Gasteiger partial charge is 0.119 e. The van der Waals surface area contributed by atoms with E-state index in [9.17, 15) is 0 Å². The highest BCUT2D eigenvalue weighted by atomic mass is 16.5. The molecule has 1 aliphatic rings. The van der Waals surface area contributed by atoms with Gasteiger partial charge in [0.05, 0.1) is 33.0 Å². The van der Waals surface area contributed by atoms with Crippen LogP contribution in [0, 0.1) is 0 Å². The second-order valence-electron chi connectivity index (χ2n) is 4.82. The van der Waals surface area contributed by atoms with Crippen molar-refractivity contribution >= 4 is 0 Å². The van der Waals surface area contributed by atoms with Gasteiger partial charge in [-0.3, -0.25) is 4.90 Å². The van der Waals surface area contributed by atoms with Gasteiger partial charge in [0.1, 0.15) is 18.1 Å². The molecule has 0 bridgehead atoms. The molecule has 0 unspecified atom stereocenters. The van der Waals surface area contributed by atoms with Gasteiger partial charge in [0.15, 0.2) is 0 Å². The molecule has 0 radical (unpaired) electrons. The predicted molar refractivity (Wildman–Crippen MR) is 81.2 cm³/mol. The molecule has 1 aromatic carbocycles. The number of benzene rings is 1. The lowest BCUT2D eigenvalue weighted by atomic mass is 10.3. The summed E-state index contributed by atoms with van der Waals surface area (Å²) in [4.78, 5) is 2.36. The standard InChI is InChI=1S/C16H25NO4/c1-2-20-15-3-5-16(6-4-15)21-14-13-19-12-9-17-7-10-18-11-8-17/h3-6H,2,7-14H2,1H3. The van der Waals surface area contributed by atoms with Crippen LogP contribution in [0.15, 0.2) is 24.3 Å². The van der Waals surface area contributed by atoms with Crippen LogP contribution in [0.2, 0.25) is 0 Å². The van der Waals surface area contributed by atoms with Gasteiger partial charge in [0, 0.05) is 19.6 Å². The maximum Gasteiger partial charge on any atom is 0.119 e. The second kappa shape index (κ2) is 9.60. The highest BCUT2D eigenvalue weighted by molar-refractivity contribution is 5.31. The van der Waals surface area contributed by atoms with Crippen molar-refractivity contribution in [2.45, 2.75) is 6.92 Å². The van der Waals surface area contributed by atoms with Crippen molar-refractivity contribution in [2.24, 2.45) is 0 Å². The third-order valence-corrected chi connectivity index (χ3v) is 3.29. The predicted octanol–water partition coefficient (Wildman–Crippen LogP) is 1.81. The van der Waals surface area contributed by atoms with E-state index in [2.05, 4.69) is 4.90 Å². The van der Waals surface area contributed by atoms with Gasteiger partial charge in [-0.05, 0) is 31.2 Å². The summed E-state index contributed by atoms with van der Waals surface area (Å²) in [5, 5.41) is 0. The van der Waals surface area contributed by atoms with Crippen LogP contribution >= 0.6 is 0 Å². The van der Waals surface area contributed by atoms with Crippen molar-refractivity contribution in [1.82, 2.24) is 4.90 Å². The fraction of sp³-hybridized carbons (Fsp3) is 0.625. The van der Waals surface area contributed by atoms with Gasteiger partial charge in [-0.1, -0.05) is 0 Å². The summed E-state index contributed by atoms with van der Waals surface area (Å²) in [5.74, 6) is 1.71. The fourth-order valence-corrected chi connectivity index (χ4v) is 2.14. The Morgan fingerprint density at radius 2 is 1.62 bits per heavy atom. The van der Waals surface area contributed by atoms with Gasteiger partial charge in [-0.2, -0.15) is 0 Å². The van der Waals surface area contributed by atoms with Crippen LogP contribution in [0.3, 0.4) is 0 Å². The molecule has 0 saturated carbocycles. The summed E-state index contributed by atoms with van der Waals surface area (Å²) in [6, 6.07) is 7.66. The summed E-state index contributed by atoms with van der Waals surface area (Å²) in [6.07, 6.45) is 0. The molecule has 1 aliphatic heterocycles. The Labute approximate surface area is 126 Å². The maximum absolute atomic E-state index is 5.62. The summed E-state index contributed by atoms with van der Waals surface area (Å²) in [5.41, 5.74) is 0. The first-order chi connectivity index (χ1) is 10.4. The molecule has 2 rings (SSSR count). The Hall–Kier alpha value is -1.30. The molecule has 118 valence electrons. The van der Waals surface area contributed by atoms with Gasteiger partial charge < -0.3 is 18.9 Å². The normalized spacial score (nSPS) is 15.9. The molecule has 1 saturated heterocycles. The molecule has 0 spiro atoms. The number of hydrogen-bond acceptors (Lipinski definition) is 5. The summed E-state index contributed by atoms with van der Waals surface area (Å²) in [6.45, 7) is 9.21. The van der Waals surface area contributed by atoms with E-state index < -0.39 is 0 Å². The molecule has 0 amide bonds. The summed E-state index contributed by atoms with van der Waals surface area (Å²) >= 11 is 0. The van der Waals surface area contributed by atoms with E-state index in [0.29, 0.717) is 19.8 Å². The van der Waals surface area contributed by atoms with Crippen LogP contribution in [-0.2, 0) is 9.47 Å². The molecular formula is C16H25NO4. The van der Waals surface area contributed by atoms with E-state index in [1.54, 1.807) is 0 Å². The lowest BCUT2D eigenvalue weighted by Gasteiger charge is -2.26. The van der Waals surface area contributed by atoms with E-state index in [-0.39, 0.29) is 0 Å². The number of rotatable bonds is 9. The van der Waals surface area contributed by atoms with Crippen LogP contribution in [0.5, 0.6) is 11.5 Å². The Bertz CT molecular complexity index is 376. The van der Waals surface area contributed by atoms with Crippen LogP contribution in [0.25, 0.3) is 0 Å². The Morgan fingerprint density at radius 3 is 2.29 bits per heavy atom. The van der Waals surface area contributed by atoms with E-state index in [1.165, 1.54) is 0 Å². The second-order valence-corrected chi connectivity index (χ2v) is 4.82. The average Bonchev–Trinajstić information content (AvgIpc) is 2.53. The minimum Gasteiger partial charge on any atom is -0.494 e. The minimum atomic E-state index is 0.567. The summed E-state index contributed by atoms with van der Waals surface area (Å²) < 4.78 is 21.9. The highest BCUT2D eigenvalue weighted by Gasteiger charge is 2.09. The number of morpholine rings is 1. The Balaban J connectivity index is 1.51. The van der Waals surface area contributed by atoms with E-state index in [0.717, 1.165) is 51.0 Å². The summed E-state index contributed by atoms with van der Waals surface area (Å²) in [7, 11) is 0. The third kappa shape index (κ3) is 6.33. The molecular weight excluding hydrogens is 270 g/mol.